The van der Waals surface area contributed by atoms with Gasteiger partial charge in [-0.3, -0.25) is 14.2 Å². The van der Waals surface area contributed by atoms with Gasteiger partial charge in [-0.25, -0.2) is 0 Å². The quantitative estimate of drug-likeness (QED) is 0.633. The van der Waals surface area contributed by atoms with Crippen LogP contribution in [0.4, 0.5) is 0 Å². The Hall–Kier alpha value is -1.73. The fourth-order valence-electron chi connectivity index (χ4n) is 3.32. The fourth-order valence-corrected chi connectivity index (χ4v) is 4.38. The number of carbonyl (C=O) groups excluding carboxylic acids is 1. The largest absolute Gasteiger partial charge is 0.352 e. The van der Waals surface area contributed by atoms with Gasteiger partial charge in [-0.05, 0) is 55.3 Å². The Bertz CT molecular complexity index is 857. The van der Waals surface area contributed by atoms with Crippen LogP contribution in [-0.2, 0) is 11.3 Å². The summed E-state index contributed by atoms with van der Waals surface area (Å²) in [6, 6.07) is 1.88. The molecular weight excluding hydrogens is 342 g/mol. The summed E-state index contributed by atoms with van der Waals surface area (Å²) in [4.78, 5) is 27.7. The third kappa shape index (κ3) is 3.52. The monoisotopic (exact) mass is 363 g/mol. The number of carbonyl (C=O) groups is 1. The minimum absolute atomic E-state index is 0.00500. The summed E-state index contributed by atoms with van der Waals surface area (Å²) in [5.41, 5.74) is 0.809. The van der Waals surface area contributed by atoms with E-state index in [2.05, 4.69) is 16.9 Å². The maximum atomic E-state index is 12.6. The first-order chi connectivity index (χ1) is 11.6. The van der Waals surface area contributed by atoms with Crippen LogP contribution in [0.15, 0.2) is 28.9 Å². The average Bonchev–Trinajstić information content (AvgIpc) is 3.05. The number of nitrogens with zero attached hydrogens (tertiary/aromatic N) is 1. The van der Waals surface area contributed by atoms with E-state index in [0.717, 1.165) is 35.9 Å². The summed E-state index contributed by atoms with van der Waals surface area (Å²) >= 11 is 6.79. The normalized spacial score (nSPS) is 20.8. The van der Waals surface area contributed by atoms with Crippen molar-refractivity contribution in [2.24, 2.45) is 11.8 Å². The van der Waals surface area contributed by atoms with Crippen molar-refractivity contribution in [3.63, 3.8) is 0 Å². The lowest BCUT2D eigenvalue weighted by molar-refractivity contribution is -0.126. The molecule has 2 aromatic heterocycles. The summed E-state index contributed by atoms with van der Waals surface area (Å²) in [6.07, 6.45) is 5.30. The molecule has 1 aliphatic rings. The zero-order chi connectivity index (χ0) is 17.1. The number of fused-ring (bicyclic) bond motifs is 1. The van der Waals surface area contributed by atoms with Gasteiger partial charge in [-0.1, -0.05) is 6.08 Å². The maximum Gasteiger partial charge on any atom is 0.272 e. The summed E-state index contributed by atoms with van der Waals surface area (Å²) in [5, 5.41) is 4.77. The predicted molar refractivity (Wildman–Crippen MR) is 99.9 cm³/mol. The van der Waals surface area contributed by atoms with Gasteiger partial charge in [-0.2, -0.15) is 0 Å². The third-order valence-electron chi connectivity index (χ3n) is 4.67. The van der Waals surface area contributed by atoms with E-state index in [1.165, 1.54) is 11.3 Å². The highest BCUT2D eigenvalue weighted by molar-refractivity contribution is 7.71. The van der Waals surface area contributed by atoms with Crippen LogP contribution in [0.2, 0.25) is 0 Å². The Kier molecular flexibility index (Phi) is 5.30. The molecular formula is C17H21N3O2S2. The molecule has 24 heavy (non-hydrogen) atoms. The summed E-state index contributed by atoms with van der Waals surface area (Å²) in [6.45, 7) is 4.76. The third-order valence-corrected chi connectivity index (χ3v) is 5.90. The Labute approximate surface area is 149 Å². The number of thiophene rings is 1. The van der Waals surface area contributed by atoms with E-state index >= 15 is 0 Å². The van der Waals surface area contributed by atoms with Crippen molar-refractivity contribution in [2.45, 2.75) is 32.2 Å². The van der Waals surface area contributed by atoms with Crippen LogP contribution in [0.25, 0.3) is 10.2 Å². The molecule has 2 heterocycles. The van der Waals surface area contributed by atoms with Gasteiger partial charge in [0.1, 0.15) is 4.70 Å². The Balaban J connectivity index is 1.66. The molecule has 0 saturated heterocycles. The number of aromatic amines is 1. The second kappa shape index (κ2) is 7.44. The zero-order valence-electron chi connectivity index (χ0n) is 13.4. The van der Waals surface area contributed by atoms with E-state index in [4.69, 9.17) is 12.2 Å². The highest BCUT2D eigenvalue weighted by Crippen LogP contribution is 2.30. The maximum absolute atomic E-state index is 12.6. The first-order valence-corrected chi connectivity index (χ1v) is 9.48. The van der Waals surface area contributed by atoms with Crippen LogP contribution < -0.4 is 10.9 Å². The van der Waals surface area contributed by atoms with Gasteiger partial charge < -0.3 is 10.3 Å². The molecule has 0 unspecified atom stereocenters. The van der Waals surface area contributed by atoms with E-state index in [9.17, 15) is 9.59 Å². The number of hydrogen-bond donors (Lipinski definition) is 2. The van der Waals surface area contributed by atoms with Crippen LogP contribution in [0.5, 0.6) is 0 Å². The molecule has 0 aromatic carbocycles. The first kappa shape index (κ1) is 17.1. The fraction of sp³-hybridized carbons (Fsp3) is 0.471. The number of nitrogens with one attached hydrogen (secondary N) is 2. The summed E-state index contributed by atoms with van der Waals surface area (Å²) < 4.78 is 2.88. The van der Waals surface area contributed by atoms with Crippen LogP contribution in [-0.4, -0.2) is 22.0 Å². The van der Waals surface area contributed by atoms with Crippen molar-refractivity contribution in [3.05, 3.63) is 39.2 Å². The molecule has 0 radical (unpaired) electrons. The lowest BCUT2D eigenvalue weighted by atomic mass is 9.81. The molecule has 2 N–H and O–H groups in total. The van der Waals surface area contributed by atoms with E-state index in [1.54, 1.807) is 10.6 Å². The van der Waals surface area contributed by atoms with Crippen molar-refractivity contribution in [2.75, 3.05) is 6.54 Å². The lowest BCUT2D eigenvalue weighted by Crippen LogP contribution is -2.34. The van der Waals surface area contributed by atoms with Crippen LogP contribution in [0.3, 0.4) is 0 Å². The summed E-state index contributed by atoms with van der Waals surface area (Å²) in [7, 11) is 0. The van der Waals surface area contributed by atoms with Crippen molar-refractivity contribution in [1.82, 2.24) is 14.9 Å². The topological polar surface area (TPSA) is 66.9 Å². The molecule has 1 fully saturated rings. The molecule has 7 heteroatoms. The molecule has 0 spiro atoms. The molecule has 0 atom stereocenters. The molecule has 2 aromatic rings. The zero-order valence-corrected chi connectivity index (χ0v) is 15.0. The SMILES string of the molecule is C=CCNC(=O)C1CCC(Cn2c(=S)[nH]c3ccsc3c2=O)CC1. The highest BCUT2D eigenvalue weighted by atomic mass is 32.1. The molecule has 128 valence electrons. The second-order valence-corrected chi connectivity index (χ2v) is 7.56. The van der Waals surface area contributed by atoms with Crippen molar-refractivity contribution < 1.29 is 4.79 Å². The predicted octanol–water partition coefficient (Wildman–Crippen LogP) is 3.23. The molecule has 1 amide bonds. The number of aromatic nitrogens is 2. The minimum atomic E-state index is -0.00500. The van der Waals surface area contributed by atoms with E-state index in [1.807, 2.05) is 11.4 Å². The molecule has 5 nitrogen and oxygen atoms in total. The average molecular weight is 364 g/mol. The van der Waals surface area contributed by atoms with Gasteiger partial charge in [0.2, 0.25) is 5.91 Å². The van der Waals surface area contributed by atoms with Crippen molar-refractivity contribution in [1.29, 1.82) is 0 Å². The number of rotatable bonds is 5. The number of amides is 1. The van der Waals surface area contributed by atoms with Crippen LogP contribution >= 0.6 is 23.6 Å². The van der Waals surface area contributed by atoms with Gasteiger partial charge in [0, 0.05) is 19.0 Å². The minimum Gasteiger partial charge on any atom is -0.352 e. The van der Waals surface area contributed by atoms with Gasteiger partial charge in [0.15, 0.2) is 4.77 Å². The van der Waals surface area contributed by atoms with Gasteiger partial charge in [0.25, 0.3) is 5.56 Å². The van der Waals surface area contributed by atoms with E-state index < -0.39 is 0 Å². The van der Waals surface area contributed by atoms with Gasteiger partial charge in [0.05, 0.1) is 5.52 Å². The standard InChI is InChI=1S/C17H21N3O2S2/c1-2-8-18-15(21)12-5-3-11(4-6-12)10-20-16(22)14-13(7-9-24-14)19-17(20)23/h2,7,9,11-12H,1,3-6,8,10H2,(H,18,21)(H,19,23). The Morgan fingerprint density at radius 3 is 2.92 bits per heavy atom. The van der Waals surface area contributed by atoms with Crippen molar-refractivity contribution >= 4 is 39.7 Å². The molecule has 1 saturated carbocycles. The first-order valence-electron chi connectivity index (χ1n) is 8.19. The van der Waals surface area contributed by atoms with E-state index in [0.29, 0.717) is 23.8 Å². The van der Waals surface area contributed by atoms with E-state index in [-0.39, 0.29) is 17.4 Å². The molecule has 1 aliphatic carbocycles. The number of hydrogen-bond acceptors (Lipinski definition) is 4. The molecule has 3 rings (SSSR count). The van der Waals surface area contributed by atoms with Crippen LogP contribution in [0, 0.1) is 16.6 Å². The Morgan fingerprint density at radius 1 is 1.46 bits per heavy atom. The van der Waals surface area contributed by atoms with Gasteiger partial charge in [-0.15, -0.1) is 17.9 Å². The molecule has 0 aliphatic heterocycles. The van der Waals surface area contributed by atoms with Crippen molar-refractivity contribution in [3.8, 4) is 0 Å². The van der Waals surface area contributed by atoms with Gasteiger partial charge >= 0.3 is 0 Å². The highest BCUT2D eigenvalue weighted by Gasteiger charge is 2.26. The lowest BCUT2D eigenvalue weighted by Gasteiger charge is -2.28. The second-order valence-electron chi connectivity index (χ2n) is 6.26. The van der Waals surface area contributed by atoms with Crippen LogP contribution in [0.1, 0.15) is 25.7 Å². The smallest absolute Gasteiger partial charge is 0.272 e. The number of H-pyrrole nitrogens is 1. The Morgan fingerprint density at radius 2 is 2.21 bits per heavy atom. The summed E-state index contributed by atoms with van der Waals surface area (Å²) in [5.74, 6) is 0.578. The molecule has 0 bridgehead atoms.